The van der Waals surface area contributed by atoms with Gasteiger partial charge in [-0.2, -0.15) is 0 Å². The molecule has 0 spiro atoms. The Balaban J connectivity index is 1.67. The van der Waals surface area contributed by atoms with Gasteiger partial charge in [-0.25, -0.2) is 0 Å². The number of thiophene rings is 1. The molecule has 5 aromatic rings. The number of fused-ring (bicyclic) bond motifs is 6. The Kier molecular flexibility index (Phi) is 3.31. The van der Waals surface area contributed by atoms with Crippen molar-refractivity contribution in [3.63, 3.8) is 0 Å². The summed E-state index contributed by atoms with van der Waals surface area (Å²) in [5, 5.41) is 2.63. The standard InChI is InChI=1S/C27H21NS/c1-27(2)22-12-5-3-8-16(22)20-14-21(24(28)15-23(20)27)19-11-7-10-18-17-9-4-6-13-25(17)29-26(18)19/h3-15H,28H2,1-2H3. The van der Waals surface area contributed by atoms with E-state index in [4.69, 9.17) is 5.73 Å². The van der Waals surface area contributed by atoms with Crippen molar-refractivity contribution in [3.05, 3.63) is 90.0 Å². The molecule has 1 aliphatic carbocycles. The van der Waals surface area contributed by atoms with E-state index < -0.39 is 0 Å². The van der Waals surface area contributed by atoms with Gasteiger partial charge >= 0.3 is 0 Å². The van der Waals surface area contributed by atoms with Crippen molar-refractivity contribution in [2.45, 2.75) is 19.3 Å². The largest absolute Gasteiger partial charge is 0.398 e. The van der Waals surface area contributed by atoms with E-state index in [1.807, 2.05) is 11.3 Å². The summed E-state index contributed by atoms with van der Waals surface area (Å²) >= 11 is 1.85. The van der Waals surface area contributed by atoms with Crippen LogP contribution in [0.5, 0.6) is 0 Å². The summed E-state index contributed by atoms with van der Waals surface area (Å²) in [7, 11) is 0. The summed E-state index contributed by atoms with van der Waals surface area (Å²) in [5.41, 5.74) is 15.2. The SMILES string of the molecule is CC1(C)c2ccccc2-c2cc(-c3cccc4c3sc3ccccc34)c(N)cc21. The van der Waals surface area contributed by atoms with E-state index in [-0.39, 0.29) is 5.41 Å². The molecule has 2 N–H and O–H groups in total. The summed E-state index contributed by atoms with van der Waals surface area (Å²) < 4.78 is 2.63. The first kappa shape index (κ1) is 16.8. The molecule has 0 bridgehead atoms. The van der Waals surface area contributed by atoms with Crippen LogP contribution in [0.15, 0.2) is 78.9 Å². The van der Waals surface area contributed by atoms with Crippen LogP contribution in [0.25, 0.3) is 42.4 Å². The zero-order valence-electron chi connectivity index (χ0n) is 16.5. The Bertz CT molecular complexity index is 1440. The summed E-state index contributed by atoms with van der Waals surface area (Å²) in [6.07, 6.45) is 0. The minimum Gasteiger partial charge on any atom is -0.398 e. The molecule has 0 unspecified atom stereocenters. The fraction of sp³-hybridized carbons (Fsp3) is 0.111. The number of anilines is 1. The van der Waals surface area contributed by atoms with Crippen LogP contribution < -0.4 is 5.73 Å². The van der Waals surface area contributed by atoms with E-state index in [2.05, 4.69) is 92.7 Å². The third-order valence-corrected chi connectivity index (χ3v) is 7.67. The number of nitrogens with two attached hydrogens (primary N) is 1. The molecule has 0 saturated carbocycles. The van der Waals surface area contributed by atoms with E-state index in [9.17, 15) is 0 Å². The number of benzene rings is 4. The van der Waals surface area contributed by atoms with Crippen LogP contribution in [0.3, 0.4) is 0 Å². The first-order valence-corrected chi connectivity index (χ1v) is 10.8. The van der Waals surface area contributed by atoms with Crippen LogP contribution in [0.1, 0.15) is 25.0 Å². The minimum absolute atomic E-state index is 0.0256. The smallest absolute Gasteiger partial charge is 0.0434 e. The molecular weight excluding hydrogens is 370 g/mol. The van der Waals surface area contributed by atoms with Gasteiger partial charge in [-0.15, -0.1) is 11.3 Å². The Hall–Kier alpha value is -3.10. The van der Waals surface area contributed by atoms with Gasteiger partial charge in [0.05, 0.1) is 0 Å². The third kappa shape index (κ3) is 2.21. The highest BCUT2D eigenvalue weighted by molar-refractivity contribution is 7.26. The van der Waals surface area contributed by atoms with Gasteiger partial charge in [-0.3, -0.25) is 0 Å². The minimum atomic E-state index is -0.0256. The molecule has 2 heteroatoms. The van der Waals surface area contributed by atoms with Gasteiger partial charge < -0.3 is 5.73 Å². The molecule has 1 heterocycles. The third-order valence-electron chi connectivity index (χ3n) is 6.45. The van der Waals surface area contributed by atoms with Crippen molar-refractivity contribution in [1.29, 1.82) is 0 Å². The molecule has 1 aliphatic rings. The van der Waals surface area contributed by atoms with E-state index in [1.165, 1.54) is 48.0 Å². The predicted molar refractivity (Wildman–Crippen MR) is 127 cm³/mol. The van der Waals surface area contributed by atoms with Crippen molar-refractivity contribution in [3.8, 4) is 22.3 Å². The van der Waals surface area contributed by atoms with E-state index >= 15 is 0 Å². The maximum atomic E-state index is 6.67. The molecule has 0 atom stereocenters. The number of rotatable bonds is 1. The summed E-state index contributed by atoms with van der Waals surface area (Å²) in [6.45, 7) is 4.59. The molecule has 0 radical (unpaired) electrons. The quantitative estimate of drug-likeness (QED) is 0.292. The summed E-state index contributed by atoms with van der Waals surface area (Å²) in [4.78, 5) is 0. The zero-order valence-corrected chi connectivity index (χ0v) is 17.3. The Morgan fingerprint density at radius 1 is 0.655 bits per heavy atom. The average Bonchev–Trinajstić information content (AvgIpc) is 3.21. The molecule has 29 heavy (non-hydrogen) atoms. The lowest BCUT2D eigenvalue weighted by Gasteiger charge is -2.22. The first-order chi connectivity index (χ1) is 14.1. The fourth-order valence-electron chi connectivity index (χ4n) is 4.96. The number of nitrogen functional groups attached to an aromatic ring is 1. The van der Waals surface area contributed by atoms with Gasteiger partial charge in [0, 0.05) is 42.4 Å². The average molecular weight is 392 g/mol. The highest BCUT2D eigenvalue weighted by Gasteiger charge is 2.35. The lowest BCUT2D eigenvalue weighted by molar-refractivity contribution is 0.661. The van der Waals surface area contributed by atoms with Crippen LogP contribution in [0.4, 0.5) is 5.69 Å². The molecule has 140 valence electrons. The van der Waals surface area contributed by atoms with Gasteiger partial charge in [0.15, 0.2) is 0 Å². The van der Waals surface area contributed by atoms with Crippen molar-refractivity contribution in [2.75, 3.05) is 5.73 Å². The molecule has 6 rings (SSSR count). The van der Waals surface area contributed by atoms with Crippen molar-refractivity contribution >= 4 is 37.2 Å². The van der Waals surface area contributed by atoms with Crippen LogP contribution in [0, 0.1) is 0 Å². The number of hydrogen-bond donors (Lipinski definition) is 1. The monoisotopic (exact) mass is 391 g/mol. The topological polar surface area (TPSA) is 26.0 Å². The second-order valence-electron chi connectivity index (χ2n) is 8.44. The molecule has 4 aromatic carbocycles. The molecule has 1 nitrogen and oxygen atoms in total. The predicted octanol–water partition coefficient (Wildman–Crippen LogP) is 7.61. The van der Waals surface area contributed by atoms with Gasteiger partial charge in [0.2, 0.25) is 0 Å². The van der Waals surface area contributed by atoms with Crippen molar-refractivity contribution < 1.29 is 0 Å². The van der Waals surface area contributed by atoms with Gasteiger partial charge in [-0.05, 0) is 40.5 Å². The van der Waals surface area contributed by atoms with Gasteiger partial charge in [-0.1, -0.05) is 74.5 Å². The van der Waals surface area contributed by atoms with Gasteiger partial charge in [0.25, 0.3) is 0 Å². The second-order valence-corrected chi connectivity index (χ2v) is 9.49. The maximum absolute atomic E-state index is 6.67. The lowest BCUT2D eigenvalue weighted by atomic mass is 9.82. The van der Waals surface area contributed by atoms with Gasteiger partial charge in [0.1, 0.15) is 0 Å². The molecule has 0 amide bonds. The molecular formula is C27H21NS. The highest BCUT2D eigenvalue weighted by Crippen LogP contribution is 2.51. The Morgan fingerprint density at radius 2 is 1.38 bits per heavy atom. The molecule has 0 fully saturated rings. The van der Waals surface area contributed by atoms with Crippen molar-refractivity contribution in [2.24, 2.45) is 0 Å². The van der Waals surface area contributed by atoms with Crippen LogP contribution >= 0.6 is 11.3 Å². The van der Waals surface area contributed by atoms with Crippen LogP contribution in [-0.4, -0.2) is 0 Å². The number of hydrogen-bond acceptors (Lipinski definition) is 2. The Labute approximate surface area is 174 Å². The molecule has 0 aliphatic heterocycles. The summed E-state index contributed by atoms with van der Waals surface area (Å²) in [5.74, 6) is 0. The van der Waals surface area contributed by atoms with Crippen LogP contribution in [0.2, 0.25) is 0 Å². The maximum Gasteiger partial charge on any atom is 0.0434 e. The fourth-order valence-corrected chi connectivity index (χ4v) is 6.19. The zero-order chi connectivity index (χ0) is 19.8. The van der Waals surface area contributed by atoms with E-state index in [1.54, 1.807) is 0 Å². The lowest BCUT2D eigenvalue weighted by Crippen LogP contribution is -2.15. The molecule has 0 saturated heterocycles. The van der Waals surface area contributed by atoms with Crippen LogP contribution in [-0.2, 0) is 5.41 Å². The van der Waals surface area contributed by atoms with E-state index in [0.717, 1.165) is 11.3 Å². The Morgan fingerprint density at radius 3 is 2.28 bits per heavy atom. The second kappa shape index (κ2) is 5.71. The van der Waals surface area contributed by atoms with Crippen molar-refractivity contribution in [1.82, 2.24) is 0 Å². The normalized spacial score (nSPS) is 14.3. The summed E-state index contributed by atoms with van der Waals surface area (Å²) in [6, 6.07) is 28.5. The first-order valence-electron chi connectivity index (χ1n) is 10.0. The van der Waals surface area contributed by atoms with E-state index in [0.29, 0.717) is 0 Å². The highest BCUT2D eigenvalue weighted by atomic mass is 32.1. The molecule has 1 aromatic heterocycles.